The minimum Gasteiger partial charge on any atom is -0.315 e. The topological polar surface area (TPSA) is 76.0 Å². The molecule has 0 spiro atoms. The van der Waals surface area contributed by atoms with Crippen LogP contribution in [0.15, 0.2) is 41.4 Å². The van der Waals surface area contributed by atoms with Crippen LogP contribution in [0, 0.1) is 0 Å². The van der Waals surface area contributed by atoms with Gasteiger partial charge in [0.05, 0.1) is 11.7 Å². The average molecular weight is 338 g/mol. The summed E-state index contributed by atoms with van der Waals surface area (Å²) in [5.41, 5.74) is 1.39. The third-order valence-electron chi connectivity index (χ3n) is 3.89. The summed E-state index contributed by atoms with van der Waals surface area (Å²) in [6, 6.07) is 10.0. The first-order chi connectivity index (χ1) is 11.0. The molecule has 1 aromatic carbocycles. The van der Waals surface area contributed by atoms with Crippen LogP contribution in [0.25, 0.3) is 11.3 Å². The number of sulfonamides is 1. The monoisotopic (exact) mass is 338 g/mol. The van der Waals surface area contributed by atoms with E-state index >= 15 is 0 Å². The summed E-state index contributed by atoms with van der Waals surface area (Å²) in [6.45, 7) is 0.840. The van der Waals surface area contributed by atoms with Gasteiger partial charge in [0.25, 0.3) is 10.0 Å². The number of hydrogen-bond acceptors (Lipinski definition) is 4. The van der Waals surface area contributed by atoms with E-state index in [9.17, 15) is 12.8 Å². The fourth-order valence-corrected chi connectivity index (χ4v) is 4.06. The molecule has 6 nitrogen and oxygen atoms in total. The Hall–Kier alpha value is -1.77. The van der Waals surface area contributed by atoms with Gasteiger partial charge in [0.1, 0.15) is 6.17 Å². The van der Waals surface area contributed by atoms with Gasteiger partial charge in [0.15, 0.2) is 5.03 Å². The standard InChI is InChI=1S/C15H19FN4O2S/c1-20-15(9-13(18-20)11-5-3-2-4-6-11)23(21,22)19-14-10-17-8-7-12(14)16/h2-6,9,12,14,17,19H,7-8,10H2,1H3/t12-,14+/m0/s1. The van der Waals surface area contributed by atoms with E-state index < -0.39 is 22.2 Å². The van der Waals surface area contributed by atoms with Gasteiger partial charge in [0.2, 0.25) is 0 Å². The summed E-state index contributed by atoms with van der Waals surface area (Å²) in [6.07, 6.45) is -0.888. The molecule has 1 fully saturated rings. The van der Waals surface area contributed by atoms with Crippen LogP contribution in [0.2, 0.25) is 0 Å². The molecule has 0 amide bonds. The van der Waals surface area contributed by atoms with Crippen LogP contribution < -0.4 is 10.0 Å². The van der Waals surface area contributed by atoms with E-state index in [4.69, 9.17) is 0 Å². The number of piperidine rings is 1. The predicted octanol–water partition coefficient (Wildman–Crippen LogP) is 1.07. The molecule has 0 bridgehead atoms. The van der Waals surface area contributed by atoms with Crippen LogP contribution in [-0.2, 0) is 17.1 Å². The number of aromatic nitrogens is 2. The lowest BCUT2D eigenvalue weighted by atomic mass is 10.1. The fourth-order valence-electron chi connectivity index (χ4n) is 2.65. The Bertz CT molecular complexity index is 776. The van der Waals surface area contributed by atoms with E-state index in [1.807, 2.05) is 30.3 Å². The van der Waals surface area contributed by atoms with E-state index in [0.717, 1.165) is 5.56 Å². The fraction of sp³-hybridized carbons (Fsp3) is 0.400. The maximum absolute atomic E-state index is 13.9. The molecule has 1 aliphatic rings. The Balaban J connectivity index is 1.87. The first-order valence-electron chi connectivity index (χ1n) is 7.44. The minimum absolute atomic E-state index is 0.0223. The molecule has 0 saturated carbocycles. The maximum atomic E-state index is 13.9. The van der Waals surface area contributed by atoms with Crippen molar-refractivity contribution in [1.29, 1.82) is 0 Å². The van der Waals surface area contributed by atoms with Gasteiger partial charge in [-0.15, -0.1) is 0 Å². The van der Waals surface area contributed by atoms with Crippen molar-refractivity contribution in [2.75, 3.05) is 13.1 Å². The van der Waals surface area contributed by atoms with Gasteiger partial charge >= 0.3 is 0 Å². The lowest BCUT2D eigenvalue weighted by molar-refractivity contribution is 0.218. The second kappa shape index (κ2) is 6.38. The van der Waals surface area contributed by atoms with Crippen LogP contribution in [0.4, 0.5) is 4.39 Å². The zero-order valence-electron chi connectivity index (χ0n) is 12.7. The van der Waals surface area contributed by atoms with Gasteiger partial charge < -0.3 is 5.32 Å². The van der Waals surface area contributed by atoms with Gasteiger partial charge in [0, 0.05) is 25.2 Å². The van der Waals surface area contributed by atoms with Crippen molar-refractivity contribution in [3.8, 4) is 11.3 Å². The first kappa shape index (κ1) is 16.1. The van der Waals surface area contributed by atoms with Crippen LogP contribution in [-0.4, -0.2) is 43.5 Å². The second-order valence-corrected chi connectivity index (χ2v) is 7.25. The average Bonchev–Trinajstić information content (AvgIpc) is 2.93. The van der Waals surface area contributed by atoms with E-state index in [0.29, 0.717) is 18.7 Å². The zero-order chi connectivity index (χ0) is 16.4. The van der Waals surface area contributed by atoms with Crippen LogP contribution >= 0.6 is 0 Å². The summed E-state index contributed by atoms with van der Waals surface area (Å²) < 4.78 is 42.7. The van der Waals surface area contributed by atoms with Gasteiger partial charge in [-0.2, -0.15) is 5.10 Å². The highest BCUT2D eigenvalue weighted by atomic mass is 32.2. The van der Waals surface area contributed by atoms with Crippen molar-refractivity contribution < 1.29 is 12.8 Å². The van der Waals surface area contributed by atoms with Crippen molar-refractivity contribution in [1.82, 2.24) is 19.8 Å². The number of hydrogen-bond donors (Lipinski definition) is 2. The van der Waals surface area contributed by atoms with Crippen molar-refractivity contribution >= 4 is 10.0 Å². The third-order valence-corrected chi connectivity index (χ3v) is 5.43. The Labute approximate surface area is 134 Å². The van der Waals surface area contributed by atoms with Crippen molar-refractivity contribution in [3.63, 3.8) is 0 Å². The van der Waals surface area contributed by atoms with E-state index in [1.54, 1.807) is 7.05 Å². The quantitative estimate of drug-likeness (QED) is 0.874. The number of rotatable bonds is 4. The summed E-state index contributed by atoms with van der Waals surface area (Å²) in [5.74, 6) is 0. The van der Waals surface area contributed by atoms with Crippen LogP contribution in [0.5, 0.6) is 0 Å². The van der Waals surface area contributed by atoms with Gasteiger partial charge in [-0.3, -0.25) is 4.68 Å². The van der Waals surface area contributed by atoms with E-state index in [2.05, 4.69) is 15.1 Å². The molecule has 2 aromatic rings. The molecule has 0 aliphatic carbocycles. The Morgan fingerprint density at radius 3 is 2.78 bits per heavy atom. The molecule has 1 saturated heterocycles. The molecule has 3 rings (SSSR count). The van der Waals surface area contributed by atoms with E-state index in [1.165, 1.54) is 10.7 Å². The molecular weight excluding hydrogens is 319 g/mol. The van der Waals surface area contributed by atoms with Crippen molar-refractivity contribution in [2.45, 2.75) is 23.7 Å². The van der Waals surface area contributed by atoms with E-state index in [-0.39, 0.29) is 11.6 Å². The largest absolute Gasteiger partial charge is 0.315 e. The number of alkyl halides is 1. The summed E-state index contributed by atoms with van der Waals surface area (Å²) in [5, 5.41) is 7.27. The van der Waals surface area contributed by atoms with Crippen LogP contribution in [0.1, 0.15) is 6.42 Å². The summed E-state index contributed by atoms with van der Waals surface area (Å²) >= 11 is 0. The smallest absolute Gasteiger partial charge is 0.258 e. The minimum atomic E-state index is -3.84. The molecular formula is C15H19FN4O2S. The SMILES string of the molecule is Cn1nc(-c2ccccc2)cc1S(=O)(=O)N[C@@H]1CNCC[C@@H]1F. The number of benzene rings is 1. The summed E-state index contributed by atoms with van der Waals surface area (Å²) in [7, 11) is -2.28. The number of nitrogens with one attached hydrogen (secondary N) is 2. The molecule has 0 unspecified atom stereocenters. The molecule has 2 atom stereocenters. The molecule has 23 heavy (non-hydrogen) atoms. The zero-order valence-corrected chi connectivity index (χ0v) is 13.6. The third kappa shape index (κ3) is 3.44. The number of aryl methyl sites for hydroxylation is 1. The predicted molar refractivity (Wildman–Crippen MR) is 85.1 cm³/mol. The maximum Gasteiger partial charge on any atom is 0.258 e. The van der Waals surface area contributed by atoms with Crippen molar-refractivity contribution in [2.24, 2.45) is 7.05 Å². The van der Waals surface area contributed by atoms with Gasteiger partial charge in [-0.1, -0.05) is 30.3 Å². The highest BCUT2D eigenvalue weighted by Crippen LogP contribution is 2.21. The van der Waals surface area contributed by atoms with Gasteiger partial charge in [-0.05, 0) is 13.0 Å². The molecule has 8 heteroatoms. The van der Waals surface area contributed by atoms with Crippen molar-refractivity contribution in [3.05, 3.63) is 36.4 Å². The normalized spacial score (nSPS) is 22.2. The second-order valence-electron chi connectivity index (χ2n) is 5.59. The lowest BCUT2D eigenvalue weighted by Gasteiger charge is -2.27. The highest BCUT2D eigenvalue weighted by Gasteiger charge is 2.31. The Morgan fingerprint density at radius 1 is 1.35 bits per heavy atom. The van der Waals surface area contributed by atoms with Crippen LogP contribution in [0.3, 0.4) is 0 Å². The Kier molecular flexibility index (Phi) is 4.47. The Morgan fingerprint density at radius 2 is 2.09 bits per heavy atom. The highest BCUT2D eigenvalue weighted by molar-refractivity contribution is 7.89. The lowest BCUT2D eigenvalue weighted by Crippen LogP contribution is -2.52. The molecule has 0 radical (unpaired) electrons. The molecule has 124 valence electrons. The number of nitrogens with zero attached hydrogens (tertiary/aromatic N) is 2. The molecule has 1 aromatic heterocycles. The number of halogens is 1. The first-order valence-corrected chi connectivity index (χ1v) is 8.92. The summed E-state index contributed by atoms with van der Waals surface area (Å²) in [4.78, 5) is 0. The molecule has 2 heterocycles. The molecule has 1 aliphatic heterocycles. The molecule has 2 N–H and O–H groups in total. The van der Waals surface area contributed by atoms with Gasteiger partial charge in [-0.25, -0.2) is 17.5 Å².